The van der Waals surface area contributed by atoms with E-state index < -0.39 is 0 Å². The number of hydrogen-bond donors (Lipinski definition) is 1. The molecule has 0 bridgehead atoms. The van der Waals surface area contributed by atoms with Gasteiger partial charge < -0.3 is 19.7 Å². The summed E-state index contributed by atoms with van der Waals surface area (Å²) < 4.78 is 10.7. The fourth-order valence-electron chi connectivity index (χ4n) is 5.21. The zero-order valence-electron chi connectivity index (χ0n) is 20.7. The predicted molar refractivity (Wildman–Crippen MR) is 143 cm³/mol. The Morgan fingerprint density at radius 1 is 1.14 bits per heavy atom. The van der Waals surface area contributed by atoms with Crippen molar-refractivity contribution in [1.29, 1.82) is 0 Å². The Bertz CT molecular complexity index is 1460. The molecule has 0 radical (unpaired) electrons. The van der Waals surface area contributed by atoms with E-state index in [1.54, 1.807) is 0 Å². The lowest BCUT2D eigenvalue weighted by Gasteiger charge is -2.27. The first kappa shape index (κ1) is 23.5. The van der Waals surface area contributed by atoms with Crippen LogP contribution in [0.3, 0.4) is 0 Å². The molecular formula is C29H27N3O4S. The lowest BCUT2D eigenvalue weighted by atomic mass is 9.90. The van der Waals surface area contributed by atoms with Crippen LogP contribution in [-0.2, 0) is 11.2 Å². The van der Waals surface area contributed by atoms with Gasteiger partial charge in [0, 0.05) is 22.9 Å². The molecule has 2 atom stereocenters. The van der Waals surface area contributed by atoms with Crippen molar-refractivity contribution >= 4 is 33.9 Å². The van der Waals surface area contributed by atoms with E-state index in [4.69, 9.17) is 14.5 Å². The van der Waals surface area contributed by atoms with Gasteiger partial charge in [-0.2, -0.15) is 0 Å². The highest BCUT2D eigenvalue weighted by Crippen LogP contribution is 2.37. The monoisotopic (exact) mass is 513 g/mol. The number of rotatable bonds is 5. The fraction of sp³-hybridized carbons (Fsp3) is 0.276. The molecule has 8 heteroatoms. The van der Waals surface area contributed by atoms with Gasteiger partial charge in [0.2, 0.25) is 12.7 Å². The fourth-order valence-corrected chi connectivity index (χ4v) is 6.06. The average molecular weight is 514 g/mol. The van der Waals surface area contributed by atoms with Crippen LogP contribution in [0.4, 0.5) is 5.13 Å². The number of aryl methyl sites for hydroxylation is 2. The molecule has 1 saturated heterocycles. The van der Waals surface area contributed by atoms with E-state index in [2.05, 4.69) is 23.5 Å². The molecule has 1 aliphatic carbocycles. The molecule has 1 fully saturated rings. The molecule has 0 spiro atoms. The van der Waals surface area contributed by atoms with Crippen LogP contribution in [0.25, 0.3) is 5.57 Å². The molecule has 2 aliphatic heterocycles. The Kier molecular flexibility index (Phi) is 6.04. The van der Waals surface area contributed by atoms with Gasteiger partial charge in [-0.05, 0) is 55.7 Å². The van der Waals surface area contributed by atoms with Crippen molar-refractivity contribution in [1.82, 2.24) is 9.88 Å². The van der Waals surface area contributed by atoms with Crippen molar-refractivity contribution in [2.75, 3.05) is 18.7 Å². The first-order chi connectivity index (χ1) is 17.9. The quantitative estimate of drug-likeness (QED) is 0.510. The molecule has 6 rings (SSSR count). The van der Waals surface area contributed by atoms with Crippen LogP contribution in [0.5, 0.6) is 11.5 Å². The standard InChI is InChI=1S/C29H27N3O4S/c1-17-4-3-5-22(12-17)28(34)32-11-10-20-15-21(7-8-23(20)32)27-18(2)37-29(31-27)30-26(33)14-19-6-9-24-25(13-19)36-16-35-24/h3-9,12-13,15,20,23H,10-11,14,16H2,1-2H3,(H,30,31,33). The summed E-state index contributed by atoms with van der Waals surface area (Å²) in [5.74, 6) is 1.56. The number of thiazole rings is 1. The van der Waals surface area contributed by atoms with E-state index >= 15 is 0 Å². The molecule has 188 valence electrons. The smallest absolute Gasteiger partial charge is 0.254 e. The summed E-state index contributed by atoms with van der Waals surface area (Å²) in [4.78, 5) is 33.6. The Morgan fingerprint density at radius 3 is 2.86 bits per heavy atom. The molecule has 2 amide bonds. The van der Waals surface area contributed by atoms with Gasteiger partial charge in [0.25, 0.3) is 5.91 Å². The lowest BCUT2D eigenvalue weighted by molar-refractivity contribution is -0.115. The maximum absolute atomic E-state index is 13.2. The largest absolute Gasteiger partial charge is 0.454 e. The average Bonchev–Trinajstić information content (AvgIpc) is 3.61. The van der Waals surface area contributed by atoms with Crippen LogP contribution in [-0.4, -0.2) is 41.1 Å². The number of allylic oxidation sites excluding steroid dienone is 2. The van der Waals surface area contributed by atoms with Crippen LogP contribution < -0.4 is 14.8 Å². The van der Waals surface area contributed by atoms with Gasteiger partial charge in [-0.25, -0.2) is 4.98 Å². The number of amides is 2. The molecule has 3 heterocycles. The Morgan fingerprint density at radius 2 is 2.00 bits per heavy atom. The van der Waals surface area contributed by atoms with Crippen LogP contribution in [0.15, 0.2) is 60.7 Å². The van der Waals surface area contributed by atoms with E-state index in [1.807, 2.05) is 61.2 Å². The highest BCUT2D eigenvalue weighted by Gasteiger charge is 2.36. The number of nitrogens with zero attached hydrogens (tertiary/aromatic N) is 2. The SMILES string of the molecule is Cc1cccc(C(=O)N2CCC3C=C(c4nc(NC(=O)Cc5ccc6c(c5)OCO6)sc4C)C=CC32)c1. The van der Waals surface area contributed by atoms with Crippen LogP contribution in [0.2, 0.25) is 0 Å². The minimum Gasteiger partial charge on any atom is -0.454 e. The number of carbonyl (C=O) groups excluding carboxylic acids is 2. The molecule has 1 N–H and O–H groups in total. The van der Waals surface area contributed by atoms with E-state index in [0.29, 0.717) is 16.6 Å². The summed E-state index contributed by atoms with van der Waals surface area (Å²) in [5.41, 5.74) is 4.59. The first-order valence-electron chi connectivity index (χ1n) is 12.4. The number of ether oxygens (including phenoxy) is 2. The maximum Gasteiger partial charge on any atom is 0.254 e. The number of carbonyl (C=O) groups is 2. The van der Waals surface area contributed by atoms with Crippen molar-refractivity contribution in [3.8, 4) is 11.5 Å². The van der Waals surface area contributed by atoms with Gasteiger partial charge in [-0.1, -0.05) is 42.0 Å². The van der Waals surface area contributed by atoms with Crippen molar-refractivity contribution in [3.05, 3.63) is 88.0 Å². The second-order valence-corrected chi connectivity index (χ2v) is 10.8. The topological polar surface area (TPSA) is 80.8 Å². The molecule has 3 aromatic rings. The van der Waals surface area contributed by atoms with Crippen LogP contribution in [0.1, 0.15) is 38.5 Å². The molecule has 2 aromatic carbocycles. The third kappa shape index (κ3) is 4.64. The first-order valence-corrected chi connectivity index (χ1v) is 13.2. The molecule has 7 nitrogen and oxygen atoms in total. The second-order valence-electron chi connectivity index (χ2n) is 9.63. The summed E-state index contributed by atoms with van der Waals surface area (Å²) >= 11 is 1.47. The van der Waals surface area contributed by atoms with E-state index in [0.717, 1.165) is 45.8 Å². The van der Waals surface area contributed by atoms with Crippen LogP contribution >= 0.6 is 11.3 Å². The van der Waals surface area contributed by atoms with Gasteiger partial charge in [0.05, 0.1) is 18.2 Å². The molecule has 3 aliphatic rings. The third-order valence-corrected chi connectivity index (χ3v) is 7.90. The lowest BCUT2D eigenvalue weighted by Crippen LogP contribution is -2.37. The van der Waals surface area contributed by atoms with E-state index in [-0.39, 0.29) is 37.0 Å². The van der Waals surface area contributed by atoms with Gasteiger partial charge in [-0.3, -0.25) is 9.59 Å². The van der Waals surface area contributed by atoms with Gasteiger partial charge in [0.1, 0.15) is 0 Å². The van der Waals surface area contributed by atoms with Gasteiger partial charge in [0.15, 0.2) is 16.6 Å². The van der Waals surface area contributed by atoms with E-state index in [9.17, 15) is 9.59 Å². The molecule has 0 saturated carbocycles. The van der Waals surface area contributed by atoms with Crippen molar-refractivity contribution in [3.63, 3.8) is 0 Å². The highest BCUT2D eigenvalue weighted by molar-refractivity contribution is 7.15. The summed E-state index contributed by atoms with van der Waals surface area (Å²) in [6.45, 7) is 4.96. The number of benzene rings is 2. The number of likely N-dealkylation sites (tertiary alicyclic amines) is 1. The van der Waals surface area contributed by atoms with Gasteiger partial charge >= 0.3 is 0 Å². The molecule has 37 heavy (non-hydrogen) atoms. The number of fused-ring (bicyclic) bond motifs is 2. The zero-order valence-corrected chi connectivity index (χ0v) is 21.5. The van der Waals surface area contributed by atoms with Crippen LogP contribution in [0, 0.1) is 19.8 Å². The summed E-state index contributed by atoms with van der Waals surface area (Å²) in [6.07, 6.45) is 7.55. The zero-order chi connectivity index (χ0) is 25.5. The Hall–Kier alpha value is -3.91. The summed E-state index contributed by atoms with van der Waals surface area (Å²) in [6, 6.07) is 13.4. The van der Waals surface area contributed by atoms with Crippen molar-refractivity contribution < 1.29 is 19.1 Å². The van der Waals surface area contributed by atoms with E-state index in [1.165, 1.54) is 11.3 Å². The second kappa shape index (κ2) is 9.52. The Balaban J connectivity index is 1.13. The molecule has 1 aromatic heterocycles. The normalized spacial score (nSPS) is 19.5. The predicted octanol–water partition coefficient (Wildman–Crippen LogP) is 5.15. The van der Waals surface area contributed by atoms with Crippen molar-refractivity contribution in [2.24, 2.45) is 5.92 Å². The number of aromatic nitrogens is 1. The minimum atomic E-state index is -0.131. The van der Waals surface area contributed by atoms with Crippen molar-refractivity contribution in [2.45, 2.75) is 32.7 Å². The Labute approximate surface area is 219 Å². The molecule has 2 unspecified atom stereocenters. The summed E-state index contributed by atoms with van der Waals surface area (Å²) in [5, 5.41) is 3.52. The maximum atomic E-state index is 13.2. The molecular weight excluding hydrogens is 486 g/mol. The summed E-state index contributed by atoms with van der Waals surface area (Å²) in [7, 11) is 0. The van der Waals surface area contributed by atoms with Gasteiger partial charge in [-0.15, -0.1) is 11.3 Å². The third-order valence-electron chi connectivity index (χ3n) is 7.01. The number of anilines is 1. The minimum absolute atomic E-state index is 0.0524. The highest BCUT2D eigenvalue weighted by atomic mass is 32.1. The number of nitrogens with one attached hydrogen (secondary N) is 1. The number of hydrogen-bond acceptors (Lipinski definition) is 6.